The molecule has 3 nitrogen and oxygen atoms in total. The molecule has 1 aromatic rings. The van der Waals surface area contributed by atoms with E-state index >= 15 is 0 Å². The molecule has 1 fully saturated rings. The fourth-order valence-electron chi connectivity index (χ4n) is 2.28. The number of hydrogen-bond donors (Lipinski definition) is 2. The molecule has 0 spiro atoms. The molecule has 0 aliphatic carbocycles. The second kappa shape index (κ2) is 7.13. The molecule has 1 aromatic carbocycles. The van der Waals surface area contributed by atoms with Gasteiger partial charge in [-0.05, 0) is 43.5 Å². The SMILES string of the molecule is O=C(NCCc1c(Cl)cccc1Cl)C1CCCCN1. The summed E-state index contributed by atoms with van der Waals surface area (Å²) in [5.41, 5.74) is 0.891. The first-order valence-electron chi connectivity index (χ1n) is 6.62. The summed E-state index contributed by atoms with van der Waals surface area (Å²) in [6.07, 6.45) is 3.83. The third kappa shape index (κ3) is 4.10. The van der Waals surface area contributed by atoms with Crippen LogP contribution in [-0.2, 0) is 11.2 Å². The minimum absolute atomic E-state index is 0.0459. The van der Waals surface area contributed by atoms with Crippen molar-refractivity contribution < 1.29 is 4.79 Å². The van der Waals surface area contributed by atoms with E-state index in [0.717, 1.165) is 31.4 Å². The van der Waals surface area contributed by atoms with Crippen LogP contribution in [0, 0.1) is 0 Å². The van der Waals surface area contributed by atoms with Gasteiger partial charge in [-0.1, -0.05) is 35.7 Å². The van der Waals surface area contributed by atoms with Crippen LogP contribution in [0.4, 0.5) is 0 Å². The first kappa shape index (κ1) is 14.6. The molecular formula is C14H18Cl2N2O. The number of nitrogens with one attached hydrogen (secondary N) is 2. The van der Waals surface area contributed by atoms with Crippen molar-refractivity contribution in [1.82, 2.24) is 10.6 Å². The molecule has 19 heavy (non-hydrogen) atoms. The number of halogens is 2. The minimum Gasteiger partial charge on any atom is -0.354 e. The Morgan fingerprint density at radius 2 is 2.05 bits per heavy atom. The van der Waals surface area contributed by atoms with Gasteiger partial charge in [0.1, 0.15) is 0 Å². The molecule has 0 saturated carbocycles. The number of hydrogen-bond acceptors (Lipinski definition) is 2. The Balaban J connectivity index is 1.81. The maximum Gasteiger partial charge on any atom is 0.237 e. The van der Waals surface area contributed by atoms with E-state index in [4.69, 9.17) is 23.2 Å². The Bertz CT molecular complexity index is 425. The van der Waals surface area contributed by atoms with Crippen molar-refractivity contribution >= 4 is 29.1 Å². The standard InChI is InChI=1S/C14H18Cl2N2O/c15-11-4-3-5-12(16)10(11)7-9-18-14(19)13-6-1-2-8-17-13/h3-5,13,17H,1-2,6-9H2,(H,18,19). The summed E-state index contributed by atoms with van der Waals surface area (Å²) in [4.78, 5) is 11.9. The summed E-state index contributed by atoms with van der Waals surface area (Å²) in [5.74, 6) is 0.0721. The highest BCUT2D eigenvalue weighted by Crippen LogP contribution is 2.24. The van der Waals surface area contributed by atoms with E-state index in [1.807, 2.05) is 18.2 Å². The predicted molar refractivity (Wildman–Crippen MR) is 78.8 cm³/mol. The lowest BCUT2D eigenvalue weighted by molar-refractivity contribution is -0.123. The van der Waals surface area contributed by atoms with Crippen LogP contribution < -0.4 is 10.6 Å². The molecule has 1 unspecified atom stereocenters. The van der Waals surface area contributed by atoms with Gasteiger partial charge in [0.25, 0.3) is 0 Å². The van der Waals surface area contributed by atoms with E-state index in [0.29, 0.717) is 23.0 Å². The highest BCUT2D eigenvalue weighted by molar-refractivity contribution is 6.35. The van der Waals surface area contributed by atoms with Crippen molar-refractivity contribution in [2.75, 3.05) is 13.1 Å². The number of carbonyl (C=O) groups is 1. The maximum atomic E-state index is 11.9. The molecule has 104 valence electrons. The summed E-state index contributed by atoms with van der Waals surface area (Å²) in [7, 11) is 0. The lowest BCUT2D eigenvalue weighted by atomic mass is 10.0. The van der Waals surface area contributed by atoms with E-state index in [-0.39, 0.29) is 11.9 Å². The quantitative estimate of drug-likeness (QED) is 0.898. The topological polar surface area (TPSA) is 41.1 Å². The molecule has 1 atom stereocenters. The third-order valence-corrected chi connectivity index (χ3v) is 4.07. The zero-order valence-electron chi connectivity index (χ0n) is 10.7. The molecule has 0 aromatic heterocycles. The van der Waals surface area contributed by atoms with Crippen molar-refractivity contribution in [2.24, 2.45) is 0 Å². The van der Waals surface area contributed by atoms with Gasteiger partial charge >= 0.3 is 0 Å². The van der Waals surface area contributed by atoms with E-state index in [9.17, 15) is 4.79 Å². The molecule has 1 aliphatic rings. The fourth-order valence-corrected chi connectivity index (χ4v) is 2.87. The van der Waals surface area contributed by atoms with Crippen LogP contribution in [0.3, 0.4) is 0 Å². The van der Waals surface area contributed by atoms with Crippen LogP contribution in [0.25, 0.3) is 0 Å². The Morgan fingerprint density at radius 3 is 2.68 bits per heavy atom. The fraction of sp³-hybridized carbons (Fsp3) is 0.500. The monoisotopic (exact) mass is 300 g/mol. The van der Waals surface area contributed by atoms with Gasteiger partial charge in [0, 0.05) is 16.6 Å². The second-order valence-electron chi connectivity index (χ2n) is 4.74. The molecule has 1 heterocycles. The van der Waals surface area contributed by atoms with Crippen LogP contribution in [0.15, 0.2) is 18.2 Å². The Kier molecular flexibility index (Phi) is 5.49. The maximum absolute atomic E-state index is 11.9. The van der Waals surface area contributed by atoms with Gasteiger partial charge in [0.2, 0.25) is 5.91 Å². The van der Waals surface area contributed by atoms with Crippen molar-refractivity contribution in [2.45, 2.75) is 31.7 Å². The molecule has 1 aliphatic heterocycles. The molecule has 2 rings (SSSR count). The van der Waals surface area contributed by atoms with Gasteiger partial charge in [0.15, 0.2) is 0 Å². The summed E-state index contributed by atoms with van der Waals surface area (Å²) in [6, 6.07) is 5.40. The first-order chi connectivity index (χ1) is 9.18. The van der Waals surface area contributed by atoms with Gasteiger partial charge in [-0.3, -0.25) is 4.79 Å². The van der Waals surface area contributed by atoms with E-state index in [1.165, 1.54) is 0 Å². The highest BCUT2D eigenvalue weighted by atomic mass is 35.5. The van der Waals surface area contributed by atoms with Crippen LogP contribution in [0.2, 0.25) is 10.0 Å². The summed E-state index contributed by atoms with van der Waals surface area (Å²) >= 11 is 12.2. The lowest BCUT2D eigenvalue weighted by Gasteiger charge is -2.22. The van der Waals surface area contributed by atoms with Crippen LogP contribution in [-0.4, -0.2) is 25.0 Å². The van der Waals surface area contributed by atoms with Crippen LogP contribution in [0.5, 0.6) is 0 Å². The predicted octanol–water partition coefficient (Wildman–Crippen LogP) is 2.79. The zero-order valence-corrected chi connectivity index (χ0v) is 12.2. The van der Waals surface area contributed by atoms with Gasteiger partial charge in [-0.15, -0.1) is 0 Å². The second-order valence-corrected chi connectivity index (χ2v) is 5.56. The minimum atomic E-state index is -0.0459. The van der Waals surface area contributed by atoms with E-state index < -0.39 is 0 Å². The summed E-state index contributed by atoms with van der Waals surface area (Å²) in [5, 5.41) is 7.46. The van der Waals surface area contributed by atoms with Crippen LogP contribution >= 0.6 is 23.2 Å². The van der Waals surface area contributed by atoms with Gasteiger partial charge in [-0.25, -0.2) is 0 Å². The average Bonchev–Trinajstić information content (AvgIpc) is 2.43. The van der Waals surface area contributed by atoms with Crippen molar-refractivity contribution in [1.29, 1.82) is 0 Å². The Hall–Kier alpha value is -0.770. The number of benzene rings is 1. The van der Waals surface area contributed by atoms with Gasteiger partial charge in [-0.2, -0.15) is 0 Å². The molecule has 5 heteroatoms. The van der Waals surface area contributed by atoms with Crippen molar-refractivity contribution in [3.63, 3.8) is 0 Å². The van der Waals surface area contributed by atoms with Gasteiger partial charge < -0.3 is 10.6 Å². The smallest absolute Gasteiger partial charge is 0.237 e. The normalized spacial score (nSPS) is 19.2. The number of rotatable bonds is 4. The molecule has 2 N–H and O–H groups in total. The summed E-state index contributed by atoms with van der Waals surface area (Å²) < 4.78 is 0. The zero-order chi connectivity index (χ0) is 13.7. The third-order valence-electron chi connectivity index (χ3n) is 3.36. The van der Waals surface area contributed by atoms with Crippen molar-refractivity contribution in [3.8, 4) is 0 Å². The average molecular weight is 301 g/mol. The number of amides is 1. The molecular weight excluding hydrogens is 283 g/mol. The Labute approximate surface area is 123 Å². The molecule has 0 bridgehead atoms. The summed E-state index contributed by atoms with van der Waals surface area (Å²) in [6.45, 7) is 1.48. The highest BCUT2D eigenvalue weighted by Gasteiger charge is 2.19. The number of carbonyl (C=O) groups excluding carboxylic acids is 1. The van der Waals surface area contributed by atoms with Gasteiger partial charge in [0.05, 0.1) is 6.04 Å². The molecule has 0 radical (unpaired) electrons. The van der Waals surface area contributed by atoms with Crippen molar-refractivity contribution in [3.05, 3.63) is 33.8 Å². The first-order valence-corrected chi connectivity index (χ1v) is 7.38. The lowest BCUT2D eigenvalue weighted by Crippen LogP contribution is -2.47. The Morgan fingerprint density at radius 1 is 1.32 bits per heavy atom. The van der Waals surface area contributed by atoms with E-state index in [2.05, 4.69) is 10.6 Å². The number of piperidine rings is 1. The van der Waals surface area contributed by atoms with E-state index in [1.54, 1.807) is 0 Å². The largest absolute Gasteiger partial charge is 0.354 e. The van der Waals surface area contributed by atoms with Crippen LogP contribution in [0.1, 0.15) is 24.8 Å². The molecule has 1 saturated heterocycles. The molecule has 1 amide bonds.